The molecule has 0 atom stereocenters. The highest BCUT2D eigenvalue weighted by molar-refractivity contribution is 7.20. The average Bonchev–Trinajstić information content (AvgIpc) is 3.18. The Kier molecular flexibility index (Phi) is 6.75. The fourth-order valence-corrected chi connectivity index (χ4v) is 4.60. The van der Waals surface area contributed by atoms with Crippen LogP contribution in [0.1, 0.15) is 16.0 Å². The maximum atomic E-state index is 12.2. The van der Waals surface area contributed by atoms with Gasteiger partial charge in [-0.2, -0.15) is 0 Å². The molecule has 0 fully saturated rings. The van der Waals surface area contributed by atoms with Crippen LogP contribution in [0.25, 0.3) is 21.7 Å². The molecule has 6 nitrogen and oxygen atoms in total. The fourth-order valence-electron chi connectivity index (χ4n) is 3.51. The Morgan fingerprint density at radius 2 is 1.47 bits per heavy atom. The van der Waals surface area contributed by atoms with Crippen molar-refractivity contribution >= 4 is 39.0 Å². The van der Waals surface area contributed by atoms with Crippen molar-refractivity contribution in [1.82, 2.24) is 0 Å². The molecule has 0 unspecified atom stereocenters. The normalized spacial score (nSPS) is 11.4. The molecular weight excluding hydrogens is 452 g/mol. The molecule has 0 amide bonds. The number of aryl methyl sites for hydroxylation is 1. The Morgan fingerprint density at radius 3 is 2.06 bits per heavy atom. The molecule has 3 aromatic carbocycles. The van der Waals surface area contributed by atoms with Gasteiger partial charge in [0.25, 0.3) is 0 Å². The summed E-state index contributed by atoms with van der Waals surface area (Å²) in [7, 11) is 4.75. The predicted octanol–water partition coefficient (Wildman–Crippen LogP) is 6.65. The van der Waals surface area contributed by atoms with E-state index in [2.05, 4.69) is 0 Å². The van der Waals surface area contributed by atoms with E-state index in [0.29, 0.717) is 39.2 Å². The number of benzene rings is 3. The third-order valence-corrected chi connectivity index (χ3v) is 6.40. The van der Waals surface area contributed by atoms with Crippen molar-refractivity contribution in [1.29, 1.82) is 0 Å². The number of carboxylic acid groups (broad SMARTS) is 1. The zero-order valence-electron chi connectivity index (χ0n) is 19.2. The summed E-state index contributed by atoms with van der Waals surface area (Å²) in [6.07, 6.45) is 1.65. The maximum absolute atomic E-state index is 12.2. The van der Waals surface area contributed by atoms with Crippen LogP contribution in [0, 0.1) is 6.92 Å². The summed E-state index contributed by atoms with van der Waals surface area (Å²) in [6, 6.07) is 18.3. The summed E-state index contributed by atoms with van der Waals surface area (Å²) in [5.41, 5.74) is 1.84. The van der Waals surface area contributed by atoms with Crippen LogP contribution in [0.4, 0.5) is 0 Å². The Morgan fingerprint density at radius 1 is 0.853 bits per heavy atom. The van der Waals surface area contributed by atoms with Gasteiger partial charge in [-0.1, -0.05) is 29.8 Å². The van der Waals surface area contributed by atoms with Gasteiger partial charge >= 0.3 is 5.97 Å². The summed E-state index contributed by atoms with van der Waals surface area (Å²) in [6.45, 7) is 1.96. The van der Waals surface area contributed by atoms with Crippen LogP contribution in [0.3, 0.4) is 0 Å². The Labute approximate surface area is 201 Å². The van der Waals surface area contributed by atoms with Gasteiger partial charge in [-0.15, -0.1) is 11.3 Å². The molecular formula is C27H24O6S. The number of hydrogen-bond acceptors (Lipinski definition) is 6. The van der Waals surface area contributed by atoms with Crippen LogP contribution in [0.2, 0.25) is 0 Å². The van der Waals surface area contributed by atoms with E-state index in [-0.39, 0.29) is 5.57 Å². The second-order valence-corrected chi connectivity index (χ2v) is 8.59. The molecule has 0 saturated carbocycles. The highest BCUT2D eigenvalue weighted by atomic mass is 32.1. The molecule has 7 heteroatoms. The van der Waals surface area contributed by atoms with Crippen molar-refractivity contribution in [2.24, 2.45) is 0 Å². The smallest absolute Gasteiger partial charge is 0.336 e. The van der Waals surface area contributed by atoms with Crippen molar-refractivity contribution < 1.29 is 28.8 Å². The number of thiophene rings is 1. The first-order valence-corrected chi connectivity index (χ1v) is 11.3. The van der Waals surface area contributed by atoms with Crippen molar-refractivity contribution in [3.63, 3.8) is 0 Å². The monoisotopic (exact) mass is 476 g/mol. The van der Waals surface area contributed by atoms with Gasteiger partial charge in [-0.3, -0.25) is 0 Å². The van der Waals surface area contributed by atoms with Crippen LogP contribution in [0.15, 0.2) is 60.7 Å². The van der Waals surface area contributed by atoms with E-state index in [1.54, 1.807) is 63.8 Å². The largest absolute Gasteiger partial charge is 0.497 e. The lowest BCUT2D eigenvalue weighted by atomic mass is 10.0. The van der Waals surface area contributed by atoms with Gasteiger partial charge in [-0.05, 0) is 48.9 Å². The summed E-state index contributed by atoms with van der Waals surface area (Å²) in [4.78, 5) is 12.9. The minimum atomic E-state index is -1.02. The summed E-state index contributed by atoms with van der Waals surface area (Å²) >= 11 is 1.42. The highest BCUT2D eigenvalue weighted by Gasteiger charge is 2.20. The fraction of sp³-hybridized carbons (Fsp3) is 0.148. The molecule has 4 rings (SSSR count). The number of fused-ring (bicyclic) bond motifs is 1. The van der Waals surface area contributed by atoms with Crippen LogP contribution in [-0.2, 0) is 4.79 Å². The average molecular weight is 477 g/mol. The van der Waals surface area contributed by atoms with Gasteiger partial charge in [-0.25, -0.2) is 4.79 Å². The third-order valence-electron chi connectivity index (χ3n) is 5.32. The Hall–Kier alpha value is -3.97. The molecule has 0 spiro atoms. The molecule has 0 radical (unpaired) electrons. The second kappa shape index (κ2) is 9.89. The van der Waals surface area contributed by atoms with Crippen molar-refractivity contribution in [2.45, 2.75) is 6.92 Å². The van der Waals surface area contributed by atoms with E-state index in [9.17, 15) is 9.90 Å². The molecule has 1 N–H and O–H groups in total. The predicted molar refractivity (Wildman–Crippen MR) is 135 cm³/mol. The van der Waals surface area contributed by atoms with E-state index >= 15 is 0 Å². The van der Waals surface area contributed by atoms with Gasteiger partial charge in [0, 0.05) is 16.2 Å². The van der Waals surface area contributed by atoms with Crippen molar-refractivity contribution in [2.75, 3.05) is 21.3 Å². The number of aliphatic carboxylic acids is 1. The van der Waals surface area contributed by atoms with Crippen LogP contribution >= 0.6 is 11.3 Å². The van der Waals surface area contributed by atoms with Gasteiger partial charge in [0.1, 0.15) is 11.5 Å². The van der Waals surface area contributed by atoms with Crippen LogP contribution in [0.5, 0.6) is 28.7 Å². The first-order valence-electron chi connectivity index (χ1n) is 10.5. The zero-order valence-corrected chi connectivity index (χ0v) is 20.1. The summed E-state index contributed by atoms with van der Waals surface area (Å²) in [5.74, 6) is 1.96. The Bertz CT molecular complexity index is 1350. The van der Waals surface area contributed by atoms with Gasteiger partial charge in [0.15, 0.2) is 17.2 Å². The number of carboxylic acids is 1. The standard InChI is InChI=1S/C27H24O6S/c1-16-5-7-17(8-6-16)20(27(28)29)14-25-26(33-19-11-9-18(30-2)10-12-19)21-13-22(31-3)23(32-4)15-24(21)34-25/h5-15H,1-4H3,(H,28,29). The molecule has 0 bridgehead atoms. The molecule has 0 saturated heterocycles. The topological polar surface area (TPSA) is 74.2 Å². The van der Waals surface area contributed by atoms with Gasteiger partial charge in [0.05, 0.1) is 31.8 Å². The van der Waals surface area contributed by atoms with E-state index in [1.807, 2.05) is 31.2 Å². The molecule has 174 valence electrons. The molecule has 1 heterocycles. The van der Waals surface area contributed by atoms with E-state index in [4.69, 9.17) is 18.9 Å². The molecule has 0 aliphatic rings. The lowest BCUT2D eigenvalue weighted by Crippen LogP contribution is -1.99. The number of carbonyl (C=O) groups is 1. The quantitative estimate of drug-likeness (QED) is 0.287. The molecule has 1 aromatic heterocycles. The van der Waals surface area contributed by atoms with Gasteiger partial charge in [0.2, 0.25) is 0 Å². The van der Waals surface area contributed by atoms with Crippen LogP contribution in [-0.4, -0.2) is 32.4 Å². The number of hydrogen-bond donors (Lipinski definition) is 1. The second-order valence-electron chi connectivity index (χ2n) is 7.51. The van der Waals surface area contributed by atoms with Crippen LogP contribution < -0.4 is 18.9 Å². The molecule has 4 aromatic rings. The number of rotatable bonds is 8. The van der Waals surface area contributed by atoms with Crippen molar-refractivity contribution in [3.8, 4) is 28.7 Å². The maximum Gasteiger partial charge on any atom is 0.336 e. The first kappa shape index (κ1) is 23.2. The Balaban J connectivity index is 1.91. The third kappa shape index (κ3) is 4.70. The molecule has 0 aliphatic heterocycles. The molecule has 34 heavy (non-hydrogen) atoms. The summed E-state index contributed by atoms with van der Waals surface area (Å²) < 4.78 is 23.3. The number of methoxy groups -OCH3 is 3. The minimum Gasteiger partial charge on any atom is -0.497 e. The van der Waals surface area contributed by atoms with E-state index in [1.165, 1.54) is 11.3 Å². The summed E-state index contributed by atoms with van der Waals surface area (Å²) in [5, 5.41) is 10.8. The van der Waals surface area contributed by atoms with Gasteiger partial charge < -0.3 is 24.1 Å². The lowest BCUT2D eigenvalue weighted by Gasteiger charge is -2.10. The van der Waals surface area contributed by atoms with E-state index < -0.39 is 5.97 Å². The minimum absolute atomic E-state index is 0.171. The molecule has 0 aliphatic carbocycles. The SMILES string of the molecule is COc1ccc(Oc2c(C=C(C(=O)O)c3ccc(C)cc3)sc3cc(OC)c(OC)cc23)cc1. The number of ether oxygens (including phenoxy) is 4. The first-order chi connectivity index (χ1) is 16.4. The zero-order chi connectivity index (χ0) is 24.2. The lowest BCUT2D eigenvalue weighted by molar-refractivity contribution is -0.130. The van der Waals surface area contributed by atoms with Crippen molar-refractivity contribution in [3.05, 3.63) is 76.7 Å². The van der Waals surface area contributed by atoms with E-state index in [0.717, 1.165) is 15.6 Å². The highest BCUT2D eigenvalue weighted by Crippen LogP contribution is 2.46.